The molecular weight excluding hydrogens is 212 g/mol. The highest BCUT2D eigenvalue weighted by atomic mass is 16.2. The molecule has 1 heterocycles. The van der Waals surface area contributed by atoms with Crippen molar-refractivity contribution < 1.29 is 4.79 Å². The fraction of sp³-hybridized carbons (Fsp3) is 0.786. The zero-order valence-corrected chi connectivity index (χ0v) is 11.0. The fourth-order valence-corrected chi connectivity index (χ4v) is 2.40. The Bertz CT molecular complexity index is 287. The quantitative estimate of drug-likeness (QED) is 0.713. The summed E-state index contributed by atoms with van der Waals surface area (Å²) >= 11 is 0. The lowest BCUT2D eigenvalue weighted by Gasteiger charge is -2.36. The maximum absolute atomic E-state index is 12.4. The molecule has 0 aromatic carbocycles. The van der Waals surface area contributed by atoms with E-state index in [9.17, 15) is 4.79 Å². The van der Waals surface area contributed by atoms with E-state index in [-0.39, 0.29) is 17.4 Å². The van der Waals surface area contributed by atoms with E-state index < -0.39 is 0 Å². The maximum atomic E-state index is 12.4. The summed E-state index contributed by atoms with van der Waals surface area (Å²) < 4.78 is 0. The van der Waals surface area contributed by atoms with Crippen molar-refractivity contribution in [3.05, 3.63) is 0 Å². The smallest absolute Gasteiger partial charge is 0.227 e. The summed E-state index contributed by atoms with van der Waals surface area (Å²) in [4.78, 5) is 12.4. The molecule has 1 rings (SSSR count). The highest BCUT2D eigenvalue weighted by Crippen LogP contribution is 2.30. The van der Waals surface area contributed by atoms with Crippen molar-refractivity contribution in [2.75, 3.05) is 13.1 Å². The Morgan fingerprint density at radius 1 is 1.59 bits per heavy atom. The minimum absolute atomic E-state index is 0.123. The average molecular weight is 236 g/mol. The Morgan fingerprint density at radius 3 is 2.82 bits per heavy atom. The Kier molecular flexibility index (Phi) is 5.50. The van der Waals surface area contributed by atoms with Crippen LogP contribution in [0, 0.1) is 17.8 Å². The third kappa shape index (κ3) is 3.47. The summed E-state index contributed by atoms with van der Waals surface area (Å²) in [7, 11) is 0. The van der Waals surface area contributed by atoms with Crippen LogP contribution in [0.3, 0.4) is 0 Å². The monoisotopic (exact) mass is 236 g/mol. The number of amides is 1. The molecule has 3 heteroatoms. The molecule has 2 N–H and O–H groups in total. The normalized spacial score (nSPS) is 25.9. The van der Waals surface area contributed by atoms with Gasteiger partial charge in [-0.2, -0.15) is 0 Å². The van der Waals surface area contributed by atoms with Crippen LogP contribution in [0.1, 0.15) is 46.0 Å². The first-order valence-corrected chi connectivity index (χ1v) is 6.63. The molecule has 2 atom stereocenters. The Labute approximate surface area is 105 Å². The molecular formula is C14H24N2O. The second-order valence-corrected chi connectivity index (χ2v) is 4.90. The largest absolute Gasteiger partial charge is 0.352 e. The summed E-state index contributed by atoms with van der Waals surface area (Å²) in [6, 6.07) is 0.123. The Hall–Kier alpha value is -1.01. The van der Waals surface area contributed by atoms with E-state index in [0.29, 0.717) is 6.42 Å². The predicted molar refractivity (Wildman–Crippen MR) is 70.5 cm³/mol. The lowest BCUT2D eigenvalue weighted by molar-refractivity contribution is -0.133. The van der Waals surface area contributed by atoms with E-state index in [1.165, 1.54) is 0 Å². The average Bonchev–Trinajstić information content (AvgIpc) is 2.38. The second-order valence-electron chi connectivity index (χ2n) is 4.90. The molecule has 0 aromatic rings. The first-order chi connectivity index (χ1) is 8.18. The van der Waals surface area contributed by atoms with E-state index in [1.807, 2.05) is 0 Å². The van der Waals surface area contributed by atoms with E-state index in [2.05, 4.69) is 30.4 Å². The summed E-state index contributed by atoms with van der Waals surface area (Å²) in [6.45, 7) is 5.97. The highest BCUT2D eigenvalue weighted by Gasteiger charge is 2.38. The Balaban J connectivity index is 2.62. The number of carbonyl (C=O) groups excluding carboxylic acids is 1. The van der Waals surface area contributed by atoms with Gasteiger partial charge in [-0.15, -0.1) is 12.3 Å². The summed E-state index contributed by atoms with van der Waals surface area (Å²) in [5, 5.41) is 6.44. The first kappa shape index (κ1) is 14.1. The van der Waals surface area contributed by atoms with Gasteiger partial charge in [0.2, 0.25) is 5.91 Å². The molecule has 1 aliphatic rings. The van der Waals surface area contributed by atoms with Crippen LogP contribution in [0.25, 0.3) is 0 Å². The molecule has 3 nitrogen and oxygen atoms in total. The van der Waals surface area contributed by atoms with Gasteiger partial charge in [0, 0.05) is 19.0 Å². The van der Waals surface area contributed by atoms with Gasteiger partial charge in [-0.1, -0.05) is 13.8 Å². The zero-order valence-electron chi connectivity index (χ0n) is 11.0. The van der Waals surface area contributed by atoms with Crippen LogP contribution in [0.5, 0.6) is 0 Å². The van der Waals surface area contributed by atoms with Crippen LogP contribution in [0.15, 0.2) is 0 Å². The van der Waals surface area contributed by atoms with Crippen molar-refractivity contribution >= 4 is 5.91 Å². The molecule has 0 saturated carbocycles. The van der Waals surface area contributed by atoms with Gasteiger partial charge in [-0.25, -0.2) is 0 Å². The molecule has 1 fully saturated rings. The molecule has 0 aromatic heterocycles. The third-order valence-corrected chi connectivity index (χ3v) is 3.82. The molecule has 0 spiro atoms. The van der Waals surface area contributed by atoms with Crippen LogP contribution < -0.4 is 10.6 Å². The molecule has 0 aliphatic carbocycles. The molecule has 1 aliphatic heterocycles. The highest BCUT2D eigenvalue weighted by molar-refractivity contribution is 5.83. The zero-order chi connectivity index (χ0) is 12.7. The van der Waals surface area contributed by atoms with Gasteiger partial charge < -0.3 is 10.6 Å². The number of carbonyl (C=O) groups is 1. The van der Waals surface area contributed by atoms with Crippen molar-refractivity contribution in [2.24, 2.45) is 5.41 Å². The predicted octanol–water partition coefficient (Wildman–Crippen LogP) is 1.68. The first-order valence-electron chi connectivity index (χ1n) is 6.63. The topological polar surface area (TPSA) is 41.1 Å². The van der Waals surface area contributed by atoms with Gasteiger partial charge in [-0.05, 0) is 32.2 Å². The van der Waals surface area contributed by atoms with Gasteiger partial charge >= 0.3 is 0 Å². The van der Waals surface area contributed by atoms with Crippen molar-refractivity contribution in [3.63, 3.8) is 0 Å². The number of rotatable bonds is 5. The standard InChI is InChI=1S/C14H24N2O/c1-4-8-12(5-2)16-13(17)14(6-3)9-7-10-15-11-14/h1,12,15H,5-11H2,2-3H3,(H,16,17). The molecule has 96 valence electrons. The van der Waals surface area contributed by atoms with Crippen LogP contribution in [-0.2, 0) is 4.79 Å². The van der Waals surface area contributed by atoms with Crippen LogP contribution in [-0.4, -0.2) is 25.0 Å². The number of hydrogen-bond donors (Lipinski definition) is 2. The van der Waals surface area contributed by atoms with Crippen LogP contribution >= 0.6 is 0 Å². The van der Waals surface area contributed by atoms with Crippen molar-refractivity contribution in [1.29, 1.82) is 0 Å². The maximum Gasteiger partial charge on any atom is 0.227 e. The van der Waals surface area contributed by atoms with Gasteiger partial charge in [0.05, 0.1) is 5.41 Å². The minimum Gasteiger partial charge on any atom is -0.352 e. The lowest BCUT2D eigenvalue weighted by atomic mass is 9.77. The number of piperidine rings is 1. The second kappa shape index (κ2) is 6.66. The summed E-state index contributed by atoms with van der Waals surface area (Å²) in [6.07, 6.45) is 9.77. The Morgan fingerprint density at radius 2 is 2.35 bits per heavy atom. The molecule has 1 saturated heterocycles. The minimum atomic E-state index is -0.222. The van der Waals surface area contributed by atoms with Crippen molar-refractivity contribution in [1.82, 2.24) is 10.6 Å². The molecule has 0 radical (unpaired) electrons. The molecule has 0 bridgehead atoms. The number of terminal acetylenes is 1. The molecule has 2 unspecified atom stereocenters. The number of hydrogen-bond acceptors (Lipinski definition) is 2. The molecule has 1 amide bonds. The van der Waals surface area contributed by atoms with Crippen LogP contribution in [0.2, 0.25) is 0 Å². The van der Waals surface area contributed by atoms with E-state index in [0.717, 1.165) is 38.8 Å². The van der Waals surface area contributed by atoms with Crippen molar-refractivity contribution in [2.45, 2.75) is 52.0 Å². The van der Waals surface area contributed by atoms with Gasteiger partial charge in [0.15, 0.2) is 0 Å². The van der Waals surface area contributed by atoms with Gasteiger partial charge in [-0.3, -0.25) is 4.79 Å². The number of nitrogens with one attached hydrogen (secondary N) is 2. The van der Waals surface area contributed by atoms with E-state index in [4.69, 9.17) is 6.42 Å². The SMILES string of the molecule is C#CCC(CC)NC(=O)C1(CC)CCCNC1. The van der Waals surface area contributed by atoms with E-state index in [1.54, 1.807) is 0 Å². The van der Waals surface area contributed by atoms with Gasteiger partial charge in [0.25, 0.3) is 0 Å². The van der Waals surface area contributed by atoms with Crippen molar-refractivity contribution in [3.8, 4) is 12.3 Å². The summed E-state index contributed by atoms with van der Waals surface area (Å²) in [5.74, 6) is 2.80. The third-order valence-electron chi connectivity index (χ3n) is 3.82. The molecule has 17 heavy (non-hydrogen) atoms. The van der Waals surface area contributed by atoms with Crippen LogP contribution in [0.4, 0.5) is 0 Å². The van der Waals surface area contributed by atoms with E-state index >= 15 is 0 Å². The fourth-order valence-electron chi connectivity index (χ4n) is 2.40. The lowest BCUT2D eigenvalue weighted by Crippen LogP contribution is -2.52. The summed E-state index contributed by atoms with van der Waals surface area (Å²) in [5.41, 5.74) is -0.222. The van der Waals surface area contributed by atoms with Gasteiger partial charge in [0.1, 0.15) is 0 Å².